The molecule has 0 heterocycles. The molecule has 0 rings (SSSR count). The van der Waals surface area contributed by atoms with Crippen LogP contribution in [-0.4, -0.2) is 22.7 Å². The normalized spacial score (nSPS) is 13.5. The summed E-state index contributed by atoms with van der Waals surface area (Å²) in [5, 5.41) is 0. The molecule has 3 heteroatoms. The smallest absolute Gasteiger partial charge is 0.103 e. The van der Waals surface area contributed by atoms with Crippen LogP contribution in [0.5, 0.6) is 0 Å². The van der Waals surface area contributed by atoms with Crippen molar-refractivity contribution in [2.24, 2.45) is 10.8 Å². The SMILES string of the molecule is C=C(C)OC(C)(C)CC(C)(C)CSCC(C)(C)CC(C)(C)OC(=C)C. The monoisotopic (exact) mass is 370 g/mol. The molecule has 148 valence electrons. The maximum Gasteiger partial charge on any atom is 0.103 e. The lowest BCUT2D eigenvalue weighted by Gasteiger charge is -2.37. The summed E-state index contributed by atoms with van der Waals surface area (Å²) in [6, 6.07) is 0. The van der Waals surface area contributed by atoms with Crippen molar-refractivity contribution in [3.05, 3.63) is 24.7 Å². The second-order valence-corrected chi connectivity index (χ2v) is 11.3. The number of hydrogen-bond donors (Lipinski definition) is 0. The summed E-state index contributed by atoms with van der Waals surface area (Å²) >= 11 is 2.03. The first kappa shape index (κ1) is 24.4. The molecule has 0 saturated carbocycles. The average Bonchev–Trinajstić information content (AvgIpc) is 2.18. The van der Waals surface area contributed by atoms with Crippen molar-refractivity contribution in [1.29, 1.82) is 0 Å². The Morgan fingerprint density at radius 1 is 0.680 bits per heavy atom. The Morgan fingerprint density at radius 2 is 0.960 bits per heavy atom. The second kappa shape index (κ2) is 8.88. The number of hydrogen-bond acceptors (Lipinski definition) is 3. The molecule has 0 saturated heterocycles. The van der Waals surface area contributed by atoms with Crippen LogP contribution < -0.4 is 0 Å². The molecule has 0 aromatic heterocycles. The van der Waals surface area contributed by atoms with Gasteiger partial charge >= 0.3 is 0 Å². The van der Waals surface area contributed by atoms with Crippen LogP contribution in [0.25, 0.3) is 0 Å². The van der Waals surface area contributed by atoms with Crippen LogP contribution in [0.3, 0.4) is 0 Å². The van der Waals surface area contributed by atoms with E-state index >= 15 is 0 Å². The van der Waals surface area contributed by atoms with E-state index in [0.29, 0.717) is 0 Å². The number of allylic oxidation sites excluding steroid dienone is 2. The van der Waals surface area contributed by atoms with Gasteiger partial charge in [-0.25, -0.2) is 0 Å². The van der Waals surface area contributed by atoms with E-state index in [4.69, 9.17) is 9.47 Å². The van der Waals surface area contributed by atoms with Crippen LogP contribution in [0.4, 0.5) is 0 Å². The van der Waals surface area contributed by atoms with Crippen molar-refractivity contribution >= 4 is 11.8 Å². The van der Waals surface area contributed by atoms with Gasteiger partial charge in [0.25, 0.3) is 0 Å². The van der Waals surface area contributed by atoms with Gasteiger partial charge in [-0.1, -0.05) is 40.9 Å². The van der Waals surface area contributed by atoms with Crippen LogP contribution in [0, 0.1) is 10.8 Å². The lowest BCUT2D eigenvalue weighted by atomic mass is 9.83. The zero-order valence-electron chi connectivity index (χ0n) is 18.5. The zero-order valence-corrected chi connectivity index (χ0v) is 19.3. The van der Waals surface area contributed by atoms with E-state index in [-0.39, 0.29) is 22.0 Å². The minimum atomic E-state index is -0.178. The Kier molecular flexibility index (Phi) is 8.68. The van der Waals surface area contributed by atoms with Gasteiger partial charge in [0.05, 0.1) is 11.5 Å². The molecule has 2 nitrogen and oxygen atoms in total. The number of ether oxygens (including phenoxy) is 2. The zero-order chi connectivity index (χ0) is 20.1. The van der Waals surface area contributed by atoms with Gasteiger partial charge in [0.15, 0.2) is 0 Å². The molecule has 0 fully saturated rings. The topological polar surface area (TPSA) is 18.5 Å². The Morgan fingerprint density at radius 3 is 1.20 bits per heavy atom. The van der Waals surface area contributed by atoms with Crippen molar-refractivity contribution in [1.82, 2.24) is 0 Å². The van der Waals surface area contributed by atoms with E-state index in [2.05, 4.69) is 68.5 Å². The molecule has 0 aromatic rings. The largest absolute Gasteiger partial charge is 0.493 e. The molecular weight excluding hydrogens is 328 g/mol. The van der Waals surface area contributed by atoms with Gasteiger partial charge in [0.1, 0.15) is 11.2 Å². The summed E-state index contributed by atoms with van der Waals surface area (Å²) in [4.78, 5) is 0. The van der Waals surface area contributed by atoms with E-state index < -0.39 is 0 Å². The van der Waals surface area contributed by atoms with Crippen LogP contribution in [0.2, 0.25) is 0 Å². The van der Waals surface area contributed by atoms with E-state index in [0.717, 1.165) is 35.9 Å². The predicted octanol–water partition coefficient (Wildman–Crippen LogP) is 7.21. The molecule has 0 amide bonds. The molecule has 25 heavy (non-hydrogen) atoms. The lowest BCUT2D eigenvalue weighted by Crippen LogP contribution is -2.34. The Bertz CT molecular complexity index is 417. The summed E-state index contributed by atoms with van der Waals surface area (Å²) in [7, 11) is 0. The highest BCUT2D eigenvalue weighted by Gasteiger charge is 2.33. The quantitative estimate of drug-likeness (QED) is 0.338. The maximum absolute atomic E-state index is 5.90. The molecule has 0 unspecified atom stereocenters. The molecule has 0 N–H and O–H groups in total. The Balaban J connectivity index is 4.56. The van der Waals surface area contributed by atoms with Crippen LogP contribution >= 0.6 is 11.8 Å². The fraction of sp³-hybridized carbons (Fsp3) is 0.818. The molecule has 0 spiro atoms. The minimum absolute atomic E-state index is 0.178. The third-order valence-electron chi connectivity index (χ3n) is 3.70. The van der Waals surface area contributed by atoms with Crippen molar-refractivity contribution in [3.63, 3.8) is 0 Å². The average molecular weight is 371 g/mol. The second-order valence-electron chi connectivity index (χ2n) is 10.3. The molecule has 0 atom stereocenters. The van der Waals surface area contributed by atoms with Crippen molar-refractivity contribution < 1.29 is 9.47 Å². The summed E-state index contributed by atoms with van der Waals surface area (Å²) in [5.41, 5.74) is 0.0678. The molecule has 0 aliphatic heterocycles. The predicted molar refractivity (Wildman–Crippen MR) is 114 cm³/mol. The van der Waals surface area contributed by atoms with Gasteiger partial charge in [-0.15, -0.1) is 0 Å². The molecule has 0 aromatic carbocycles. The standard InChI is InChI=1S/C22H42O2S/c1-17(2)23-21(9,10)13-19(5,6)15-25-16-20(7,8)14-22(11,12)24-18(3)4/h1,3,13-16H2,2,4-12H3. The molecule has 0 bridgehead atoms. The van der Waals surface area contributed by atoms with E-state index in [1.54, 1.807) is 0 Å². The van der Waals surface area contributed by atoms with Crippen LogP contribution in [0.15, 0.2) is 24.7 Å². The van der Waals surface area contributed by atoms with Crippen molar-refractivity contribution in [2.75, 3.05) is 11.5 Å². The third-order valence-corrected chi connectivity index (χ3v) is 5.67. The Labute approximate surface area is 161 Å². The van der Waals surface area contributed by atoms with Gasteiger partial charge in [0.2, 0.25) is 0 Å². The fourth-order valence-corrected chi connectivity index (χ4v) is 5.44. The van der Waals surface area contributed by atoms with E-state index in [1.165, 1.54) is 0 Å². The first-order valence-electron chi connectivity index (χ1n) is 9.22. The Hall–Kier alpha value is -0.570. The third kappa shape index (κ3) is 12.4. The molecule has 0 radical (unpaired) electrons. The van der Waals surface area contributed by atoms with Gasteiger partial charge in [-0.3, -0.25) is 0 Å². The van der Waals surface area contributed by atoms with Crippen LogP contribution in [0.1, 0.15) is 82.1 Å². The summed E-state index contributed by atoms with van der Waals surface area (Å²) in [6.07, 6.45) is 2.01. The van der Waals surface area contributed by atoms with Crippen molar-refractivity contribution in [3.8, 4) is 0 Å². The summed E-state index contributed by atoms with van der Waals surface area (Å²) in [5.74, 6) is 3.80. The molecule has 0 aliphatic carbocycles. The van der Waals surface area contributed by atoms with Gasteiger partial charge in [-0.05, 0) is 76.7 Å². The van der Waals surface area contributed by atoms with Crippen molar-refractivity contribution in [2.45, 2.75) is 93.3 Å². The van der Waals surface area contributed by atoms with Gasteiger partial charge < -0.3 is 9.47 Å². The molecule has 0 aliphatic rings. The fourth-order valence-electron chi connectivity index (χ4n) is 4.03. The number of thioether (sulfide) groups is 1. The molecular formula is C22H42O2S. The summed E-state index contributed by atoms with van der Waals surface area (Å²) < 4.78 is 11.8. The van der Waals surface area contributed by atoms with E-state index in [1.807, 2.05) is 25.6 Å². The van der Waals surface area contributed by atoms with Crippen LogP contribution in [-0.2, 0) is 9.47 Å². The van der Waals surface area contributed by atoms with E-state index in [9.17, 15) is 0 Å². The van der Waals surface area contributed by atoms with Gasteiger partial charge in [0, 0.05) is 0 Å². The highest BCUT2D eigenvalue weighted by Crippen LogP contribution is 2.38. The lowest BCUT2D eigenvalue weighted by molar-refractivity contribution is 0.00343. The first-order chi connectivity index (χ1) is 11.0. The van der Waals surface area contributed by atoms with Gasteiger partial charge in [-0.2, -0.15) is 11.8 Å². The summed E-state index contributed by atoms with van der Waals surface area (Å²) in [6.45, 7) is 29.5. The maximum atomic E-state index is 5.90. The first-order valence-corrected chi connectivity index (χ1v) is 10.4. The highest BCUT2D eigenvalue weighted by atomic mass is 32.2. The minimum Gasteiger partial charge on any atom is -0.493 e. The number of rotatable bonds is 12. The highest BCUT2D eigenvalue weighted by molar-refractivity contribution is 7.99.